The van der Waals surface area contributed by atoms with Crippen molar-refractivity contribution < 1.29 is 9.68 Å². The van der Waals surface area contributed by atoms with Crippen molar-refractivity contribution in [1.82, 2.24) is 9.96 Å². The highest BCUT2D eigenvalue weighted by molar-refractivity contribution is 5.21. The molecule has 0 aromatic carbocycles. The van der Waals surface area contributed by atoms with E-state index in [4.69, 9.17) is 0 Å². The molecule has 0 aromatic rings. The number of oxime groups is 1. The Morgan fingerprint density at radius 2 is 1.33 bits per heavy atom. The predicted octanol–water partition coefficient (Wildman–Crippen LogP) is 1.32. The summed E-state index contributed by atoms with van der Waals surface area (Å²) in [5, 5.41) is 4.61. The Balaban J connectivity index is -0.000000147. The van der Waals surface area contributed by atoms with Crippen molar-refractivity contribution in [3.63, 3.8) is 0 Å². The second-order valence-corrected chi connectivity index (χ2v) is 2.80. The van der Waals surface area contributed by atoms with E-state index in [1.54, 1.807) is 12.2 Å². The number of hydrogen-bond donors (Lipinski definition) is 0. The van der Waals surface area contributed by atoms with Crippen LogP contribution >= 0.6 is 0 Å². The summed E-state index contributed by atoms with van der Waals surface area (Å²) >= 11 is 0. The topological polar surface area (TPSA) is 37.3 Å². The molecule has 0 rings (SSSR count). The van der Waals surface area contributed by atoms with Crippen LogP contribution in [0.2, 0.25) is 0 Å². The van der Waals surface area contributed by atoms with Gasteiger partial charge in [0, 0.05) is 20.8 Å². The summed E-state index contributed by atoms with van der Waals surface area (Å²) in [5.41, 5.74) is 0. The van der Waals surface area contributed by atoms with Gasteiger partial charge in [0.2, 0.25) is 0 Å². The molecule has 0 unspecified atom stereocenters. The lowest BCUT2D eigenvalue weighted by Crippen LogP contribution is -2.15. The largest absolute Gasteiger partial charge is 0.400 e. The molecule has 0 heterocycles. The fourth-order valence-corrected chi connectivity index (χ4v) is 0.224. The van der Waals surface area contributed by atoms with Gasteiger partial charge in [-0.2, -0.15) is 5.06 Å². The highest BCUT2D eigenvalue weighted by Crippen LogP contribution is 1.73. The third-order valence-electron chi connectivity index (χ3n) is 1.57. The molecule has 0 aliphatic heterocycles. The monoisotopic (exact) mass is 221 g/mol. The summed E-state index contributed by atoms with van der Waals surface area (Å²) in [6.45, 7) is 9.65. The lowest BCUT2D eigenvalue weighted by Gasteiger charge is -2.07. The maximum Gasteiger partial charge on any atom is 0.106 e. The lowest BCUT2D eigenvalue weighted by atomic mass is 10.6. The van der Waals surface area contributed by atoms with Crippen LogP contribution in [0.3, 0.4) is 0 Å². The first-order valence-electron chi connectivity index (χ1n) is 4.89. The molecule has 0 radical (unpaired) electrons. The molecule has 15 heavy (non-hydrogen) atoms. The molecule has 5 nitrogen and oxygen atoms in total. The molecule has 0 fully saturated rings. The van der Waals surface area contributed by atoms with Crippen LogP contribution in [0.4, 0.5) is 0 Å². The van der Waals surface area contributed by atoms with Crippen LogP contribution in [0.5, 0.6) is 0 Å². The standard InChI is InChI=1S/C5H13N.C3H9NO.C2H5NO/c1-4-6(3)5-2;1-4(2)5-3;1-3-4-2/h4-5H2,1-3H3;1-3H3;1H2,2H3. The maximum absolute atomic E-state index is 4.58. The molecule has 0 aromatic heterocycles. The number of nitrogens with zero attached hydrogens (tertiary/aromatic N) is 3. The fraction of sp³-hybridized carbons (Fsp3) is 0.900. The van der Waals surface area contributed by atoms with Crippen molar-refractivity contribution in [2.45, 2.75) is 13.8 Å². The van der Waals surface area contributed by atoms with E-state index in [0.717, 1.165) is 13.1 Å². The maximum atomic E-state index is 4.58. The smallest absolute Gasteiger partial charge is 0.106 e. The number of hydrogen-bond acceptors (Lipinski definition) is 5. The van der Waals surface area contributed by atoms with Crippen LogP contribution in [0.15, 0.2) is 5.16 Å². The summed E-state index contributed by atoms with van der Waals surface area (Å²) in [5.74, 6) is 0. The van der Waals surface area contributed by atoms with E-state index in [-0.39, 0.29) is 0 Å². The molecule has 0 N–H and O–H groups in total. The lowest BCUT2D eigenvalue weighted by molar-refractivity contribution is -0.0855. The Morgan fingerprint density at radius 3 is 1.33 bits per heavy atom. The van der Waals surface area contributed by atoms with Crippen LogP contribution < -0.4 is 0 Å². The third-order valence-corrected chi connectivity index (χ3v) is 1.57. The summed E-state index contributed by atoms with van der Waals surface area (Å²) in [7, 11) is 8.85. The minimum Gasteiger partial charge on any atom is -0.400 e. The van der Waals surface area contributed by atoms with Gasteiger partial charge in [-0.15, -0.1) is 5.16 Å². The van der Waals surface area contributed by atoms with Crippen LogP contribution in [0.25, 0.3) is 0 Å². The molecule has 0 saturated heterocycles. The highest BCUT2D eigenvalue weighted by Gasteiger charge is 1.81. The van der Waals surface area contributed by atoms with E-state index in [9.17, 15) is 0 Å². The van der Waals surface area contributed by atoms with Crippen LogP contribution in [0.1, 0.15) is 13.8 Å². The summed E-state index contributed by atoms with van der Waals surface area (Å²) in [6.07, 6.45) is 0. The van der Waals surface area contributed by atoms with E-state index < -0.39 is 0 Å². The molecule has 0 spiro atoms. The van der Waals surface area contributed by atoms with Gasteiger partial charge in [0.15, 0.2) is 0 Å². The SMILES string of the molecule is C=NOC.CCN(C)CC.CON(C)C. The molecule has 0 aliphatic carbocycles. The van der Waals surface area contributed by atoms with Gasteiger partial charge in [-0.1, -0.05) is 13.8 Å². The molecule has 0 aliphatic rings. The van der Waals surface area contributed by atoms with Gasteiger partial charge >= 0.3 is 0 Å². The van der Waals surface area contributed by atoms with Crippen molar-refractivity contribution in [2.75, 3.05) is 48.5 Å². The minimum absolute atomic E-state index is 1.16. The zero-order chi connectivity index (χ0) is 12.7. The number of hydroxylamine groups is 2. The summed E-state index contributed by atoms with van der Waals surface area (Å²) in [6, 6.07) is 0. The van der Waals surface area contributed by atoms with E-state index in [1.807, 2.05) is 14.1 Å². The Morgan fingerprint density at radius 1 is 1.07 bits per heavy atom. The van der Waals surface area contributed by atoms with E-state index in [2.05, 4.69) is 47.3 Å². The first-order chi connectivity index (χ1) is 6.99. The third kappa shape index (κ3) is 42.7. The molecular weight excluding hydrogens is 194 g/mol. The van der Waals surface area contributed by atoms with Crippen molar-refractivity contribution in [2.24, 2.45) is 5.16 Å². The molecular formula is C10H27N3O2. The first kappa shape index (κ1) is 19.9. The van der Waals surface area contributed by atoms with E-state index >= 15 is 0 Å². The Labute approximate surface area is 94.6 Å². The molecule has 0 bridgehead atoms. The fourth-order valence-electron chi connectivity index (χ4n) is 0.224. The average molecular weight is 221 g/mol. The van der Waals surface area contributed by atoms with Crippen molar-refractivity contribution in [3.05, 3.63) is 0 Å². The molecule has 5 heteroatoms. The minimum atomic E-state index is 1.16. The Kier molecular flexibility index (Phi) is 25.2. The van der Waals surface area contributed by atoms with Crippen LogP contribution in [-0.4, -0.2) is 65.1 Å². The van der Waals surface area contributed by atoms with Crippen LogP contribution in [0, 0.1) is 0 Å². The van der Waals surface area contributed by atoms with Gasteiger partial charge in [0.1, 0.15) is 7.11 Å². The Bertz CT molecular complexity index is 107. The molecule has 0 saturated carbocycles. The van der Waals surface area contributed by atoms with Gasteiger partial charge in [-0.05, 0) is 20.1 Å². The highest BCUT2D eigenvalue weighted by atomic mass is 16.7. The van der Waals surface area contributed by atoms with Crippen molar-refractivity contribution in [3.8, 4) is 0 Å². The van der Waals surface area contributed by atoms with E-state index in [0.29, 0.717) is 0 Å². The normalized spacial score (nSPS) is 8.60. The van der Waals surface area contributed by atoms with Gasteiger partial charge < -0.3 is 14.6 Å². The van der Waals surface area contributed by atoms with Crippen molar-refractivity contribution >= 4 is 6.72 Å². The summed E-state index contributed by atoms with van der Waals surface area (Å²) in [4.78, 5) is 10.9. The van der Waals surface area contributed by atoms with Crippen molar-refractivity contribution in [1.29, 1.82) is 0 Å². The van der Waals surface area contributed by atoms with Gasteiger partial charge in [0.05, 0.1) is 7.11 Å². The van der Waals surface area contributed by atoms with Crippen LogP contribution in [-0.2, 0) is 9.68 Å². The predicted molar refractivity (Wildman–Crippen MR) is 66.1 cm³/mol. The molecule has 94 valence electrons. The van der Waals surface area contributed by atoms with E-state index in [1.165, 1.54) is 7.11 Å². The zero-order valence-electron chi connectivity index (χ0n) is 11.3. The number of rotatable bonds is 4. The first-order valence-corrected chi connectivity index (χ1v) is 4.89. The summed E-state index contributed by atoms with van der Waals surface area (Å²) < 4.78 is 0. The second-order valence-electron chi connectivity index (χ2n) is 2.80. The zero-order valence-corrected chi connectivity index (χ0v) is 11.3. The average Bonchev–Trinajstić information content (AvgIpc) is 2.28. The van der Waals surface area contributed by atoms with Gasteiger partial charge in [0.25, 0.3) is 0 Å². The quantitative estimate of drug-likeness (QED) is 0.530. The van der Waals surface area contributed by atoms with Gasteiger partial charge in [-0.3, -0.25) is 0 Å². The molecule has 0 amide bonds. The Hall–Kier alpha value is -0.650. The van der Waals surface area contributed by atoms with Gasteiger partial charge in [-0.25, -0.2) is 0 Å². The second kappa shape index (κ2) is 19.0. The molecule has 0 atom stereocenters.